The zero-order valence-electron chi connectivity index (χ0n) is 18.3. The van der Waals surface area contributed by atoms with Crippen LogP contribution in [0.25, 0.3) is 0 Å². The van der Waals surface area contributed by atoms with Crippen LogP contribution in [0.3, 0.4) is 0 Å². The topological polar surface area (TPSA) is 77.0 Å². The molecule has 1 aliphatic carbocycles. The lowest BCUT2D eigenvalue weighted by molar-refractivity contribution is -0.119. The third-order valence-electron chi connectivity index (χ3n) is 6.84. The summed E-state index contributed by atoms with van der Waals surface area (Å²) in [5, 5.41) is 5.58. The smallest absolute Gasteiger partial charge is 0.321 e. The standard InChI is InChI=1S/C25H29N5O2/c1-29-21-10-6-5-9-20(21)23(30-15-17-11-12-18(16-30)14-13-17)27-22(24(29)31)28-25(32)26-19-7-3-2-4-8-19/h2-10,17-18,22H,11-16H2,1H3,(H2,26,28,32)/t17?,18?,22-/m0/s1. The Morgan fingerprint density at radius 1 is 0.938 bits per heavy atom. The molecule has 1 saturated carbocycles. The molecule has 2 N–H and O–H groups in total. The monoisotopic (exact) mass is 431 g/mol. The van der Waals surface area contributed by atoms with E-state index in [1.54, 1.807) is 24.1 Å². The molecule has 0 aromatic heterocycles. The van der Waals surface area contributed by atoms with Gasteiger partial charge in [-0.05, 0) is 61.8 Å². The molecule has 3 fully saturated rings. The van der Waals surface area contributed by atoms with Crippen molar-refractivity contribution in [1.82, 2.24) is 10.2 Å². The number of benzodiazepines with no additional fused rings is 1. The first-order valence-electron chi connectivity index (χ1n) is 11.4. The Balaban J connectivity index is 1.47. The van der Waals surface area contributed by atoms with Crippen LogP contribution in [0.15, 0.2) is 59.6 Å². The van der Waals surface area contributed by atoms with Crippen molar-refractivity contribution in [1.29, 1.82) is 0 Å². The van der Waals surface area contributed by atoms with Crippen LogP contribution in [-0.4, -0.2) is 49.0 Å². The van der Waals surface area contributed by atoms with E-state index in [0.29, 0.717) is 17.5 Å². The number of amides is 3. The third-order valence-corrected chi connectivity index (χ3v) is 6.84. The van der Waals surface area contributed by atoms with Gasteiger partial charge in [-0.25, -0.2) is 9.79 Å². The predicted octanol–water partition coefficient (Wildman–Crippen LogP) is 3.68. The van der Waals surface area contributed by atoms with E-state index in [4.69, 9.17) is 4.99 Å². The van der Waals surface area contributed by atoms with Gasteiger partial charge >= 0.3 is 6.03 Å². The van der Waals surface area contributed by atoms with E-state index < -0.39 is 12.2 Å². The van der Waals surface area contributed by atoms with E-state index in [2.05, 4.69) is 15.5 Å². The summed E-state index contributed by atoms with van der Waals surface area (Å²) in [6, 6.07) is 16.6. The lowest BCUT2D eigenvalue weighted by Crippen LogP contribution is -2.47. The van der Waals surface area contributed by atoms with E-state index in [1.807, 2.05) is 42.5 Å². The Kier molecular flexibility index (Phi) is 5.55. The van der Waals surface area contributed by atoms with Crippen molar-refractivity contribution in [2.75, 3.05) is 30.4 Å². The molecule has 1 atom stereocenters. The van der Waals surface area contributed by atoms with E-state index >= 15 is 0 Å². The molecule has 4 aliphatic rings. The van der Waals surface area contributed by atoms with Gasteiger partial charge in [-0.15, -0.1) is 0 Å². The van der Waals surface area contributed by atoms with Crippen molar-refractivity contribution < 1.29 is 9.59 Å². The number of carbonyl (C=O) groups excluding carboxylic acids is 2. The third kappa shape index (κ3) is 4.07. The van der Waals surface area contributed by atoms with Gasteiger partial charge in [-0.3, -0.25) is 4.79 Å². The number of rotatable bonds is 2. The molecule has 0 unspecified atom stereocenters. The second-order valence-electron chi connectivity index (χ2n) is 9.03. The number of amidine groups is 1. The second kappa shape index (κ2) is 8.65. The summed E-state index contributed by atoms with van der Waals surface area (Å²) in [7, 11) is 1.75. The average molecular weight is 432 g/mol. The SMILES string of the molecule is CN1C(=O)[C@H](NC(=O)Nc2ccccc2)N=C(N2CC3CCC(CC3)C2)c2ccccc21. The molecule has 32 heavy (non-hydrogen) atoms. The molecular weight excluding hydrogens is 402 g/mol. The molecule has 2 aromatic rings. The summed E-state index contributed by atoms with van der Waals surface area (Å²) in [5.74, 6) is 1.87. The Hall–Kier alpha value is -3.35. The molecule has 7 heteroatoms. The van der Waals surface area contributed by atoms with Crippen LogP contribution < -0.4 is 15.5 Å². The van der Waals surface area contributed by atoms with E-state index in [9.17, 15) is 9.59 Å². The summed E-state index contributed by atoms with van der Waals surface area (Å²) in [6.07, 6.45) is 4.05. The zero-order valence-corrected chi connectivity index (χ0v) is 18.3. The highest BCUT2D eigenvalue weighted by molar-refractivity contribution is 6.12. The van der Waals surface area contributed by atoms with Crippen LogP contribution >= 0.6 is 0 Å². The summed E-state index contributed by atoms with van der Waals surface area (Å²) < 4.78 is 0. The quantitative estimate of drug-likeness (QED) is 0.762. The van der Waals surface area contributed by atoms with Crippen LogP contribution in [0, 0.1) is 11.8 Å². The molecule has 3 heterocycles. The minimum absolute atomic E-state index is 0.256. The molecule has 3 aliphatic heterocycles. The zero-order chi connectivity index (χ0) is 22.1. The van der Waals surface area contributed by atoms with Crippen LogP contribution in [0.2, 0.25) is 0 Å². The minimum Gasteiger partial charge on any atom is -0.356 e. The number of hydrogen-bond donors (Lipinski definition) is 2. The number of benzene rings is 2. The molecule has 6 rings (SSSR count). The molecular formula is C25H29N5O2. The first-order valence-corrected chi connectivity index (χ1v) is 11.4. The Morgan fingerprint density at radius 2 is 1.56 bits per heavy atom. The van der Waals surface area contributed by atoms with E-state index in [-0.39, 0.29) is 5.91 Å². The maximum absolute atomic E-state index is 13.3. The maximum atomic E-state index is 13.3. The first-order chi connectivity index (χ1) is 15.6. The highest BCUT2D eigenvalue weighted by Crippen LogP contribution is 2.36. The maximum Gasteiger partial charge on any atom is 0.321 e. The van der Waals surface area contributed by atoms with Gasteiger partial charge in [-0.1, -0.05) is 30.3 Å². The molecule has 7 nitrogen and oxygen atoms in total. The van der Waals surface area contributed by atoms with Gasteiger partial charge < -0.3 is 20.4 Å². The average Bonchev–Trinajstić information content (AvgIpc) is 3.18. The van der Waals surface area contributed by atoms with Crippen molar-refractivity contribution in [2.45, 2.75) is 31.8 Å². The summed E-state index contributed by atoms with van der Waals surface area (Å²) in [4.78, 5) is 34.8. The van der Waals surface area contributed by atoms with Gasteiger partial charge in [0.2, 0.25) is 6.17 Å². The van der Waals surface area contributed by atoms with E-state index in [1.165, 1.54) is 25.7 Å². The van der Waals surface area contributed by atoms with Crippen LogP contribution in [0.4, 0.5) is 16.2 Å². The number of fused-ring (bicyclic) bond motifs is 5. The van der Waals surface area contributed by atoms with Crippen LogP contribution in [-0.2, 0) is 4.79 Å². The van der Waals surface area contributed by atoms with E-state index in [0.717, 1.165) is 30.2 Å². The number of para-hydroxylation sites is 2. The van der Waals surface area contributed by atoms with Gasteiger partial charge in [0.1, 0.15) is 5.84 Å². The number of urea groups is 1. The molecule has 166 valence electrons. The van der Waals surface area contributed by atoms with Crippen molar-refractivity contribution in [3.05, 3.63) is 60.2 Å². The van der Waals surface area contributed by atoms with Crippen molar-refractivity contribution in [3.8, 4) is 0 Å². The number of likely N-dealkylation sites (N-methyl/N-ethyl adjacent to an activating group) is 1. The fraction of sp³-hybridized carbons (Fsp3) is 0.400. The number of nitrogens with zero attached hydrogens (tertiary/aromatic N) is 3. The van der Waals surface area contributed by atoms with Gasteiger partial charge in [0.05, 0.1) is 5.69 Å². The van der Waals surface area contributed by atoms with Crippen molar-refractivity contribution in [2.24, 2.45) is 16.8 Å². The second-order valence-corrected chi connectivity index (χ2v) is 9.03. The molecule has 3 amide bonds. The predicted molar refractivity (Wildman–Crippen MR) is 126 cm³/mol. The normalized spacial score (nSPS) is 24.8. The van der Waals surface area contributed by atoms with Crippen molar-refractivity contribution >= 4 is 29.1 Å². The Morgan fingerprint density at radius 3 is 2.25 bits per heavy atom. The Bertz CT molecular complexity index is 1020. The lowest BCUT2D eigenvalue weighted by atomic mass is 9.84. The number of carbonyl (C=O) groups is 2. The molecule has 0 spiro atoms. The molecule has 2 saturated heterocycles. The van der Waals surface area contributed by atoms with Crippen molar-refractivity contribution in [3.63, 3.8) is 0 Å². The molecule has 2 bridgehead atoms. The van der Waals surface area contributed by atoms with Gasteiger partial charge in [-0.2, -0.15) is 0 Å². The van der Waals surface area contributed by atoms with Crippen LogP contribution in [0.5, 0.6) is 0 Å². The first kappa shape index (κ1) is 20.5. The number of anilines is 2. The van der Waals surface area contributed by atoms with Crippen LogP contribution in [0.1, 0.15) is 31.2 Å². The minimum atomic E-state index is -0.994. The fourth-order valence-corrected chi connectivity index (χ4v) is 5.13. The molecule has 0 radical (unpaired) electrons. The van der Waals surface area contributed by atoms with Gasteiger partial charge in [0, 0.05) is 31.4 Å². The number of nitrogens with one attached hydrogen (secondary N) is 2. The summed E-state index contributed by atoms with van der Waals surface area (Å²) >= 11 is 0. The lowest BCUT2D eigenvalue weighted by Gasteiger charge is -2.27. The van der Waals surface area contributed by atoms with Gasteiger partial charge in [0.15, 0.2) is 0 Å². The number of hydrogen-bond acceptors (Lipinski definition) is 4. The van der Waals surface area contributed by atoms with Gasteiger partial charge in [0.25, 0.3) is 5.91 Å². The highest BCUT2D eigenvalue weighted by atomic mass is 16.2. The highest BCUT2D eigenvalue weighted by Gasteiger charge is 2.36. The summed E-state index contributed by atoms with van der Waals surface area (Å²) in [6.45, 7) is 1.90. The molecule has 2 aromatic carbocycles. The fourth-order valence-electron chi connectivity index (χ4n) is 5.13. The largest absolute Gasteiger partial charge is 0.356 e. The summed E-state index contributed by atoms with van der Waals surface area (Å²) in [5.41, 5.74) is 2.43. The Labute approximate surface area is 188 Å². The number of aliphatic imine (C=N–C) groups is 1.